The van der Waals surface area contributed by atoms with Crippen molar-refractivity contribution >= 4 is 48.0 Å². The van der Waals surface area contributed by atoms with Crippen LogP contribution in [0.4, 0.5) is 0 Å². The molecular weight excluding hydrogens is 350 g/mol. The van der Waals surface area contributed by atoms with Gasteiger partial charge in [-0.15, -0.1) is 24.8 Å². The predicted molar refractivity (Wildman–Crippen MR) is 97.6 cm³/mol. The summed E-state index contributed by atoms with van der Waals surface area (Å²) in [5.41, 5.74) is 1.28. The summed E-state index contributed by atoms with van der Waals surface area (Å²) in [6.07, 6.45) is 1.15. The predicted octanol–water partition coefficient (Wildman–Crippen LogP) is 4.83. The lowest BCUT2D eigenvalue weighted by atomic mass is 9.95. The number of benzene rings is 1. The smallest absolute Gasteiger partial charge is 0.0595 e. The number of hydrogen-bond acceptors (Lipinski definition) is 2. The molecule has 1 aromatic carbocycles. The van der Waals surface area contributed by atoms with E-state index in [-0.39, 0.29) is 24.8 Å². The van der Waals surface area contributed by atoms with Gasteiger partial charge in [0.05, 0.1) is 10.0 Å². The number of hydrogen-bond donors (Lipinski definition) is 1. The first kappa shape index (κ1) is 21.3. The highest BCUT2D eigenvalue weighted by molar-refractivity contribution is 6.42. The molecule has 0 saturated carbocycles. The Hall–Kier alpha value is 0.300. The van der Waals surface area contributed by atoms with Gasteiger partial charge in [0.2, 0.25) is 0 Å². The molecule has 122 valence electrons. The second kappa shape index (κ2) is 10.1. The highest BCUT2D eigenvalue weighted by atomic mass is 35.5. The maximum Gasteiger partial charge on any atom is 0.0595 e. The Balaban J connectivity index is 0.00000200. The summed E-state index contributed by atoms with van der Waals surface area (Å²) in [6.45, 7) is 8.86. The van der Waals surface area contributed by atoms with Crippen LogP contribution in [0.3, 0.4) is 0 Å². The fourth-order valence-electron chi connectivity index (χ4n) is 2.66. The lowest BCUT2D eigenvalue weighted by molar-refractivity contribution is 0.154. The Kier molecular flexibility index (Phi) is 10.3. The number of halogens is 4. The molecule has 0 amide bonds. The zero-order chi connectivity index (χ0) is 13.8. The Labute approximate surface area is 150 Å². The van der Waals surface area contributed by atoms with Crippen molar-refractivity contribution in [3.63, 3.8) is 0 Å². The first-order valence-corrected chi connectivity index (χ1v) is 7.73. The Bertz CT molecular complexity index is 420. The first-order chi connectivity index (χ1) is 9.08. The van der Waals surface area contributed by atoms with Gasteiger partial charge in [-0.3, -0.25) is 4.90 Å². The average molecular weight is 374 g/mol. The van der Waals surface area contributed by atoms with Crippen LogP contribution in [0.5, 0.6) is 0 Å². The van der Waals surface area contributed by atoms with Crippen LogP contribution in [-0.4, -0.2) is 31.1 Å². The Morgan fingerprint density at radius 1 is 1.10 bits per heavy atom. The van der Waals surface area contributed by atoms with E-state index in [0.717, 1.165) is 32.6 Å². The third-order valence-corrected chi connectivity index (χ3v) is 4.35. The largest absolute Gasteiger partial charge is 0.314 e. The minimum Gasteiger partial charge on any atom is -0.314 e. The molecule has 0 radical (unpaired) electrons. The Morgan fingerprint density at radius 3 is 2.24 bits per heavy atom. The van der Waals surface area contributed by atoms with Crippen LogP contribution in [0.25, 0.3) is 0 Å². The van der Waals surface area contributed by atoms with Crippen LogP contribution in [0.2, 0.25) is 10.0 Å². The third-order valence-electron chi connectivity index (χ3n) is 3.62. The van der Waals surface area contributed by atoms with E-state index in [1.165, 1.54) is 5.56 Å². The van der Waals surface area contributed by atoms with Gasteiger partial charge in [-0.1, -0.05) is 43.1 Å². The van der Waals surface area contributed by atoms with Crippen molar-refractivity contribution in [3.05, 3.63) is 33.8 Å². The van der Waals surface area contributed by atoms with E-state index in [0.29, 0.717) is 22.0 Å². The van der Waals surface area contributed by atoms with Gasteiger partial charge in [0.15, 0.2) is 0 Å². The van der Waals surface area contributed by atoms with Gasteiger partial charge in [-0.25, -0.2) is 0 Å². The topological polar surface area (TPSA) is 15.3 Å². The molecule has 0 aliphatic carbocycles. The molecule has 1 saturated heterocycles. The lowest BCUT2D eigenvalue weighted by Gasteiger charge is -2.36. The molecule has 1 aromatic rings. The summed E-state index contributed by atoms with van der Waals surface area (Å²) >= 11 is 12.2. The van der Waals surface area contributed by atoms with E-state index >= 15 is 0 Å². The summed E-state index contributed by atoms with van der Waals surface area (Å²) in [5, 5.41) is 4.69. The molecule has 1 heterocycles. The standard InChI is InChI=1S/C15H22Cl2N2.2ClH/c1-11(2)9-15(19-7-5-18-6-8-19)12-3-4-13(16)14(17)10-12;;/h3-4,10-11,15,18H,5-9H2,1-2H3;2*1H/t15-;;/m1../s1. The monoisotopic (exact) mass is 372 g/mol. The summed E-state index contributed by atoms with van der Waals surface area (Å²) in [6, 6.07) is 6.49. The van der Waals surface area contributed by atoms with E-state index in [9.17, 15) is 0 Å². The molecule has 1 aliphatic heterocycles. The van der Waals surface area contributed by atoms with Crippen molar-refractivity contribution in [1.82, 2.24) is 10.2 Å². The minimum atomic E-state index is 0. The number of piperazine rings is 1. The van der Waals surface area contributed by atoms with E-state index in [1.54, 1.807) is 0 Å². The zero-order valence-electron chi connectivity index (χ0n) is 12.4. The zero-order valence-corrected chi connectivity index (χ0v) is 15.6. The summed E-state index contributed by atoms with van der Waals surface area (Å²) in [7, 11) is 0. The number of rotatable bonds is 4. The van der Waals surface area contributed by atoms with Gasteiger partial charge in [-0.05, 0) is 30.0 Å². The first-order valence-electron chi connectivity index (χ1n) is 6.97. The molecule has 1 N–H and O–H groups in total. The highest BCUT2D eigenvalue weighted by Gasteiger charge is 2.23. The SMILES string of the molecule is CC(C)C[C@H](c1ccc(Cl)c(Cl)c1)N1CCNCC1.Cl.Cl. The van der Waals surface area contributed by atoms with Crippen molar-refractivity contribution in [2.45, 2.75) is 26.3 Å². The van der Waals surface area contributed by atoms with E-state index in [2.05, 4.69) is 30.1 Å². The second-order valence-electron chi connectivity index (χ2n) is 5.60. The van der Waals surface area contributed by atoms with E-state index < -0.39 is 0 Å². The van der Waals surface area contributed by atoms with Gasteiger partial charge in [0.25, 0.3) is 0 Å². The number of nitrogens with one attached hydrogen (secondary N) is 1. The summed E-state index contributed by atoms with van der Waals surface area (Å²) < 4.78 is 0. The van der Waals surface area contributed by atoms with Crippen molar-refractivity contribution in [2.75, 3.05) is 26.2 Å². The van der Waals surface area contributed by atoms with Crippen LogP contribution in [0.1, 0.15) is 31.9 Å². The molecule has 2 rings (SSSR count). The summed E-state index contributed by atoms with van der Waals surface area (Å²) in [4.78, 5) is 2.55. The van der Waals surface area contributed by atoms with Crippen molar-refractivity contribution in [2.24, 2.45) is 5.92 Å². The van der Waals surface area contributed by atoms with Crippen molar-refractivity contribution in [3.8, 4) is 0 Å². The summed E-state index contributed by atoms with van der Waals surface area (Å²) in [5.74, 6) is 0.661. The van der Waals surface area contributed by atoms with Crippen LogP contribution >= 0.6 is 48.0 Å². The molecular formula is C15H24Cl4N2. The van der Waals surface area contributed by atoms with Crippen molar-refractivity contribution in [1.29, 1.82) is 0 Å². The molecule has 0 aromatic heterocycles. The minimum absolute atomic E-state index is 0. The molecule has 21 heavy (non-hydrogen) atoms. The maximum atomic E-state index is 6.17. The van der Waals surface area contributed by atoms with E-state index in [4.69, 9.17) is 23.2 Å². The molecule has 1 aliphatic rings. The van der Waals surface area contributed by atoms with Gasteiger partial charge in [-0.2, -0.15) is 0 Å². The molecule has 1 atom stereocenters. The second-order valence-corrected chi connectivity index (χ2v) is 6.42. The van der Waals surface area contributed by atoms with Crippen LogP contribution in [-0.2, 0) is 0 Å². The van der Waals surface area contributed by atoms with Crippen LogP contribution < -0.4 is 5.32 Å². The molecule has 0 unspecified atom stereocenters. The Morgan fingerprint density at radius 2 is 1.71 bits per heavy atom. The van der Waals surface area contributed by atoms with Gasteiger partial charge in [0.1, 0.15) is 0 Å². The molecule has 0 spiro atoms. The average Bonchev–Trinajstić information content (AvgIpc) is 2.40. The van der Waals surface area contributed by atoms with Crippen molar-refractivity contribution < 1.29 is 0 Å². The molecule has 1 fully saturated rings. The molecule has 6 heteroatoms. The van der Waals surface area contributed by atoms with E-state index in [1.807, 2.05) is 12.1 Å². The maximum absolute atomic E-state index is 6.17. The fourth-order valence-corrected chi connectivity index (χ4v) is 2.96. The van der Waals surface area contributed by atoms with Gasteiger partial charge >= 0.3 is 0 Å². The lowest BCUT2D eigenvalue weighted by Crippen LogP contribution is -2.45. The fraction of sp³-hybridized carbons (Fsp3) is 0.600. The third kappa shape index (κ3) is 6.13. The van der Waals surface area contributed by atoms with Gasteiger partial charge in [0, 0.05) is 32.2 Å². The molecule has 0 bridgehead atoms. The van der Waals surface area contributed by atoms with Crippen LogP contribution in [0, 0.1) is 5.92 Å². The molecule has 2 nitrogen and oxygen atoms in total. The van der Waals surface area contributed by atoms with Crippen LogP contribution in [0.15, 0.2) is 18.2 Å². The highest BCUT2D eigenvalue weighted by Crippen LogP contribution is 2.32. The van der Waals surface area contributed by atoms with Gasteiger partial charge < -0.3 is 5.32 Å². The quantitative estimate of drug-likeness (QED) is 0.812. The number of nitrogens with zero attached hydrogens (tertiary/aromatic N) is 1. The normalized spacial score (nSPS) is 17.0.